The van der Waals surface area contributed by atoms with Gasteiger partial charge in [-0.05, 0) is 18.9 Å². The smallest absolute Gasteiger partial charge is 0.130 e. The number of halogens is 1. The molecule has 1 unspecified atom stereocenters. The molecule has 0 amide bonds. The molecule has 0 radical (unpaired) electrons. The van der Waals surface area contributed by atoms with E-state index in [-0.39, 0.29) is 6.42 Å². The Kier molecular flexibility index (Phi) is 3.18. The van der Waals surface area contributed by atoms with E-state index in [4.69, 9.17) is 0 Å². The Labute approximate surface area is 77.6 Å². The van der Waals surface area contributed by atoms with Crippen molar-refractivity contribution in [1.82, 2.24) is 0 Å². The van der Waals surface area contributed by atoms with E-state index < -0.39 is 12.1 Å². The highest BCUT2D eigenvalue weighted by Gasteiger charge is 2.25. The van der Waals surface area contributed by atoms with Gasteiger partial charge in [0.2, 0.25) is 0 Å². The minimum absolute atomic E-state index is 0.251. The standard InChI is InChI=1S/C11H13FO/c1-11(9-13,7-8-12)10-5-3-2-4-6-10/h2-6,9H,7-8H2,1H3. The molecule has 70 valence electrons. The number of alkyl halides is 1. The number of rotatable bonds is 4. The molecule has 0 bridgehead atoms. The Morgan fingerprint density at radius 2 is 2.00 bits per heavy atom. The fraction of sp³-hybridized carbons (Fsp3) is 0.364. The third kappa shape index (κ3) is 2.14. The first-order valence-corrected chi connectivity index (χ1v) is 4.31. The minimum atomic E-state index is -0.671. The van der Waals surface area contributed by atoms with Crippen LogP contribution in [-0.2, 0) is 10.2 Å². The summed E-state index contributed by atoms with van der Waals surface area (Å²) >= 11 is 0. The highest BCUT2D eigenvalue weighted by molar-refractivity contribution is 5.67. The van der Waals surface area contributed by atoms with E-state index in [9.17, 15) is 9.18 Å². The summed E-state index contributed by atoms with van der Waals surface area (Å²) in [7, 11) is 0. The maximum absolute atomic E-state index is 12.2. The van der Waals surface area contributed by atoms with E-state index in [1.165, 1.54) is 0 Å². The Bertz CT molecular complexity index is 271. The van der Waals surface area contributed by atoms with Gasteiger partial charge in [0.1, 0.15) is 6.29 Å². The predicted octanol–water partition coefficient (Wildman–Crippen LogP) is 2.50. The third-order valence-corrected chi connectivity index (χ3v) is 2.31. The van der Waals surface area contributed by atoms with Gasteiger partial charge < -0.3 is 4.79 Å². The number of benzene rings is 1. The summed E-state index contributed by atoms with van der Waals surface area (Å²) in [5.74, 6) is 0. The molecule has 2 heteroatoms. The van der Waals surface area contributed by atoms with Crippen LogP contribution >= 0.6 is 0 Å². The van der Waals surface area contributed by atoms with Gasteiger partial charge in [-0.15, -0.1) is 0 Å². The van der Waals surface area contributed by atoms with Crippen LogP contribution in [0.25, 0.3) is 0 Å². The lowest BCUT2D eigenvalue weighted by atomic mass is 9.81. The number of hydrogen-bond acceptors (Lipinski definition) is 1. The van der Waals surface area contributed by atoms with Crippen molar-refractivity contribution in [3.05, 3.63) is 35.9 Å². The monoisotopic (exact) mass is 180 g/mol. The van der Waals surface area contributed by atoms with Gasteiger partial charge in [0.15, 0.2) is 0 Å². The minimum Gasteiger partial charge on any atom is -0.302 e. The van der Waals surface area contributed by atoms with Crippen LogP contribution in [0.3, 0.4) is 0 Å². The molecule has 0 saturated carbocycles. The quantitative estimate of drug-likeness (QED) is 0.650. The van der Waals surface area contributed by atoms with Gasteiger partial charge in [-0.1, -0.05) is 30.3 Å². The van der Waals surface area contributed by atoms with Crippen molar-refractivity contribution in [2.75, 3.05) is 6.67 Å². The summed E-state index contributed by atoms with van der Waals surface area (Å²) in [5.41, 5.74) is 0.207. The van der Waals surface area contributed by atoms with Crippen molar-refractivity contribution in [1.29, 1.82) is 0 Å². The Balaban J connectivity index is 2.95. The van der Waals surface area contributed by atoms with Gasteiger partial charge in [-0.25, -0.2) is 0 Å². The van der Waals surface area contributed by atoms with Crippen LogP contribution in [0.2, 0.25) is 0 Å². The Morgan fingerprint density at radius 3 is 2.46 bits per heavy atom. The molecule has 0 aromatic heterocycles. The summed E-state index contributed by atoms with van der Waals surface area (Å²) in [5, 5.41) is 0. The molecule has 1 atom stereocenters. The summed E-state index contributed by atoms with van der Waals surface area (Å²) < 4.78 is 12.2. The van der Waals surface area contributed by atoms with E-state index in [0.29, 0.717) is 0 Å². The molecule has 0 aliphatic heterocycles. The van der Waals surface area contributed by atoms with Crippen LogP contribution in [0.5, 0.6) is 0 Å². The second-order valence-electron chi connectivity index (χ2n) is 3.34. The van der Waals surface area contributed by atoms with Gasteiger partial charge in [0.25, 0.3) is 0 Å². The molecule has 13 heavy (non-hydrogen) atoms. The molecule has 1 nitrogen and oxygen atoms in total. The van der Waals surface area contributed by atoms with Gasteiger partial charge in [-0.2, -0.15) is 0 Å². The van der Waals surface area contributed by atoms with Gasteiger partial charge in [0.05, 0.1) is 12.1 Å². The zero-order valence-electron chi connectivity index (χ0n) is 7.66. The first kappa shape index (κ1) is 9.90. The fourth-order valence-corrected chi connectivity index (χ4v) is 1.29. The van der Waals surface area contributed by atoms with Gasteiger partial charge in [-0.3, -0.25) is 4.39 Å². The van der Waals surface area contributed by atoms with Gasteiger partial charge in [0, 0.05) is 0 Å². The molecule has 0 N–H and O–H groups in total. The molecule has 0 aliphatic rings. The molecule has 0 saturated heterocycles. The molecule has 1 aromatic carbocycles. The van der Waals surface area contributed by atoms with E-state index >= 15 is 0 Å². The number of carbonyl (C=O) groups excluding carboxylic acids is 1. The summed E-state index contributed by atoms with van der Waals surface area (Å²) in [4.78, 5) is 10.9. The van der Waals surface area contributed by atoms with Crippen LogP contribution < -0.4 is 0 Å². The second-order valence-corrected chi connectivity index (χ2v) is 3.34. The molecule has 0 heterocycles. The Morgan fingerprint density at radius 1 is 1.38 bits per heavy atom. The van der Waals surface area contributed by atoms with E-state index in [2.05, 4.69) is 0 Å². The first-order chi connectivity index (χ1) is 6.23. The average molecular weight is 180 g/mol. The lowest BCUT2D eigenvalue weighted by Crippen LogP contribution is -2.24. The van der Waals surface area contributed by atoms with E-state index in [1.807, 2.05) is 30.3 Å². The summed E-state index contributed by atoms with van der Waals surface area (Å²) in [6, 6.07) is 9.29. The summed E-state index contributed by atoms with van der Waals surface area (Å²) in [6.07, 6.45) is 1.07. The summed E-state index contributed by atoms with van der Waals surface area (Å²) in [6.45, 7) is 1.29. The van der Waals surface area contributed by atoms with Crippen LogP contribution in [0, 0.1) is 0 Å². The van der Waals surface area contributed by atoms with Gasteiger partial charge >= 0.3 is 0 Å². The fourth-order valence-electron chi connectivity index (χ4n) is 1.29. The van der Waals surface area contributed by atoms with Crippen LogP contribution in [0.15, 0.2) is 30.3 Å². The maximum atomic E-state index is 12.2. The largest absolute Gasteiger partial charge is 0.302 e. The third-order valence-electron chi connectivity index (χ3n) is 2.31. The van der Waals surface area contributed by atoms with Crippen molar-refractivity contribution < 1.29 is 9.18 Å². The molecular formula is C11H13FO. The molecule has 1 rings (SSSR count). The molecular weight excluding hydrogens is 167 g/mol. The van der Waals surface area contributed by atoms with Crippen molar-refractivity contribution >= 4 is 6.29 Å². The SMILES string of the molecule is CC(C=O)(CCF)c1ccccc1. The van der Waals surface area contributed by atoms with E-state index in [1.54, 1.807) is 6.92 Å². The van der Waals surface area contributed by atoms with Crippen molar-refractivity contribution in [2.45, 2.75) is 18.8 Å². The molecule has 0 spiro atoms. The van der Waals surface area contributed by atoms with Crippen molar-refractivity contribution in [2.24, 2.45) is 0 Å². The van der Waals surface area contributed by atoms with Crippen molar-refractivity contribution in [3.63, 3.8) is 0 Å². The molecule has 0 fully saturated rings. The topological polar surface area (TPSA) is 17.1 Å². The lowest BCUT2D eigenvalue weighted by molar-refractivity contribution is -0.112. The zero-order chi connectivity index (χ0) is 9.73. The normalized spacial score (nSPS) is 14.9. The highest BCUT2D eigenvalue weighted by Crippen LogP contribution is 2.24. The Hall–Kier alpha value is -1.18. The highest BCUT2D eigenvalue weighted by atomic mass is 19.1. The second kappa shape index (κ2) is 4.17. The average Bonchev–Trinajstić information content (AvgIpc) is 2.19. The maximum Gasteiger partial charge on any atom is 0.130 e. The van der Waals surface area contributed by atoms with E-state index in [0.717, 1.165) is 11.8 Å². The number of carbonyl (C=O) groups is 1. The zero-order valence-corrected chi connectivity index (χ0v) is 7.66. The first-order valence-electron chi connectivity index (χ1n) is 4.31. The lowest BCUT2D eigenvalue weighted by Gasteiger charge is -2.21. The predicted molar refractivity (Wildman–Crippen MR) is 50.5 cm³/mol. The van der Waals surface area contributed by atoms with Crippen LogP contribution in [0.4, 0.5) is 4.39 Å². The van der Waals surface area contributed by atoms with Crippen LogP contribution in [-0.4, -0.2) is 13.0 Å². The number of aldehydes is 1. The van der Waals surface area contributed by atoms with Crippen LogP contribution in [0.1, 0.15) is 18.9 Å². The number of hydrogen-bond donors (Lipinski definition) is 0. The molecule has 0 aliphatic carbocycles. The molecule has 1 aromatic rings. The van der Waals surface area contributed by atoms with Crippen molar-refractivity contribution in [3.8, 4) is 0 Å².